The van der Waals surface area contributed by atoms with E-state index in [0.29, 0.717) is 35.7 Å². The second-order valence-electron chi connectivity index (χ2n) is 9.73. The summed E-state index contributed by atoms with van der Waals surface area (Å²) in [6.45, 7) is 7.47. The highest BCUT2D eigenvalue weighted by Crippen LogP contribution is 2.29. The zero-order chi connectivity index (χ0) is 28.0. The number of benzene rings is 1. The van der Waals surface area contributed by atoms with Crippen molar-refractivity contribution in [3.63, 3.8) is 0 Å². The Morgan fingerprint density at radius 1 is 1.21 bits per heavy atom. The molecule has 1 aliphatic rings. The van der Waals surface area contributed by atoms with Crippen LogP contribution in [0.15, 0.2) is 24.3 Å². The molecule has 1 aromatic heterocycles. The van der Waals surface area contributed by atoms with Crippen molar-refractivity contribution >= 4 is 23.7 Å². The van der Waals surface area contributed by atoms with Crippen LogP contribution >= 0.6 is 0 Å². The molecule has 1 atom stereocenters. The molecule has 13 heteroatoms. The minimum atomic E-state index is -0.992. The Morgan fingerprint density at radius 3 is 2.47 bits per heavy atom. The maximum Gasteiger partial charge on any atom is 0.408 e. The van der Waals surface area contributed by atoms with Crippen LogP contribution in [0.2, 0.25) is 0 Å². The maximum atomic E-state index is 13.7. The number of non-ortho nitro benzene ring substituents is 1. The van der Waals surface area contributed by atoms with Crippen LogP contribution in [0.4, 0.5) is 10.5 Å². The van der Waals surface area contributed by atoms with Crippen molar-refractivity contribution in [2.24, 2.45) is 0 Å². The summed E-state index contributed by atoms with van der Waals surface area (Å²) in [6.07, 6.45) is -0.238. The number of hydrogen-bond acceptors (Lipinski definition) is 9. The summed E-state index contributed by atoms with van der Waals surface area (Å²) in [4.78, 5) is 50.3. The summed E-state index contributed by atoms with van der Waals surface area (Å²) < 4.78 is 17.3. The van der Waals surface area contributed by atoms with E-state index in [2.05, 4.69) is 10.4 Å². The second-order valence-corrected chi connectivity index (χ2v) is 9.73. The molecule has 2 aromatic rings. The Labute approximate surface area is 220 Å². The van der Waals surface area contributed by atoms with Gasteiger partial charge in [0.15, 0.2) is 0 Å². The van der Waals surface area contributed by atoms with Gasteiger partial charge in [-0.2, -0.15) is 5.10 Å². The predicted molar refractivity (Wildman–Crippen MR) is 134 cm³/mol. The lowest BCUT2D eigenvalue weighted by Crippen LogP contribution is -2.51. The van der Waals surface area contributed by atoms with E-state index in [9.17, 15) is 24.5 Å². The van der Waals surface area contributed by atoms with Crippen LogP contribution in [0.3, 0.4) is 0 Å². The summed E-state index contributed by atoms with van der Waals surface area (Å²) >= 11 is 0. The lowest BCUT2D eigenvalue weighted by Gasteiger charge is -2.31. The largest absolute Gasteiger partial charge is 0.481 e. The number of fused-ring (bicyclic) bond motifs is 1. The number of rotatable bonds is 9. The van der Waals surface area contributed by atoms with Crippen molar-refractivity contribution in [1.29, 1.82) is 0 Å². The third-order valence-electron chi connectivity index (χ3n) is 5.72. The molecule has 0 saturated heterocycles. The van der Waals surface area contributed by atoms with E-state index in [0.717, 1.165) is 0 Å². The molecule has 1 N–H and O–H groups in total. The maximum absolute atomic E-state index is 13.7. The molecule has 13 nitrogen and oxygen atoms in total. The van der Waals surface area contributed by atoms with Gasteiger partial charge in [-0.1, -0.05) is 12.1 Å². The monoisotopic (exact) mass is 531 g/mol. The van der Waals surface area contributed by atoms with Gasteiger partial charge < -0.3 is 24.4 Å². The van der Waals surface area contributed by atoms with Crippen molar-refractivity contribution < 1.29 is 33.5 Å². The fraction of sp³-hybridized carbons (Fsp3) is 0.520. The van der Waals surface area contributed by atoms with E-state index < -0.39 is 28.6 Å². The molecule has 2 amide bonds. The zero-order valence-corrected chi connectivity index (χ0v) is 22.2. The molecule has 38 heavy (non-hydrogen) atoms. The summed E-state index contributed by atoms with van der Waals surface area (Å²) in [7, 11) is 1.46. The minimum Gasteiger partial charge on any atom is -0.481 e. The number of nitrogens with one attached hydrogen (secondary N) is 1. The highest BCUT2D eigenvalue weighted by Gasteiger charge is 2.33. The number of amides is 2. The number of ether oxygens (including phenoxy) is 3. The number of nitro groups is 1. The third-order valence-corrected chi connectivity index (χ3v) is 5.72. The number of nitrogens with zero attached hydrogens (tertiary/aromatic N) is 4. The van der Waals surface area contributed by atoms with Crippen molar-refractivity contribution in [3.05, 3.63) is 51.2 Å². The van der Waals surface area contributed by atoms with Crippen molar-refractivity contribution in [2.45, 2.75) is 65.3 Å². The van der Waals surface area contributed by atoms with E-state index in [1.807, 2.05) is 0 Å². The molecule has 0 aliphatic carbocycles. The predicted octanol–water partition coefficient (Wildman–Crippen LogP) is 2.38. The Bertz CT molecular complexity index is 1190. The van der Waals surface area contributed by atoms with Gasteiger partial charge in [-0.15, -0.1) is 0 Å². The van der Waals surface area contributed by atoms with Gasteiger partial charge in [0.2, 0.25) is 11.8 Å². The van der Waals surface area contributed by atoms with Crippen LogP contribution in [0.25, 0.3) is 0 Å². The first-order valence-corrected chi connectivity index (χ1v) is 12.2. The van der Waals surface area contributed by atoms with E-state index in [1.165, 1.54) is 23.9 Å². The van der Waals surface area contributed by atoms with Gasteiger partial charge in [-0.05, 0) is 33.3 Å². The average molecular weight is 532 g/mol. The third kappa shape index (κ3) is 7.20. The molecule has 1 aromatic carbocycles. The van der Waals surface area contributed by atoms with E-state index in [1.54, 1.807) is 44.7 Å². The zero-order valence-electron chi connectivity index (χ0n) is 22.2. The van der Waals surface area contributed by atoms with Gasteiger partial charge in [0.25, 0.3) is 5.69 Å². The lowest BCUT2D eigenvalue weighted by atomic mass is 10.0. The summed E-state index contributed by atoms with van der Waals surface area (Å²) in [5, 5.41) is 18.1. The number of alkyl carbamates (subject to hydrolysis) is 1. The minimum absolute atomic E-state index is 0.0767. The number of methoxy groups -OCH3 is 1. The molecule has 0 unspecified atom stereocenters. The smallest absolute Gasteiger partial charge is 0.408 e. The SMILES string of the molecule is CCOC(=O)Cn1nc2c(c1OC)CN(C(=O)[C@H](Cc1ccc([N+](=O)[O-])cc1)NC(=O)OC(C)(C)C)CC2. The highest BCUT2D eigenvalue weighted by atomic mass is 16.6. The first-order valence-electron chi connectivity index (χ1n) is 12.2. The second kappa shape index (κ2) is 11.9. The quantitative estimate of drug-likeness (QED) is 0.292. The molecular formula is C25H33N5O8. The molecule has 0 fully saturated rings. The van der Waals surface area contributed by atoms with Crippen LogP contribution in [-0.2, 0) is 45.0 Å². The van der Waals surface area contributed by atoms with Crippen LogP contribution in [0.5, 0.6) is 5.88 Å². The van der Waals surface area contributed by atoms with Gasteiger partial charge in [0.1, 0.15) is 18.2 Å². The molecule has 0 radical (unpaired) electrons. The van der Waals surface area contributed by atoms with E-state index >= 15 is 0 Å². The van der Waals surface area contributed by atoms with Crippen LogP contribution < -0.4 is 10.1 Å². The Kier molecular flexibility index (Phi) is 8.92. The number of esters is 1. The first kappa shape index (κ1) is 28.4. The Morgan fingerprint density at radius 2 is 1.89 bits per heavy atom. The number of aromatic nitrogens is 2. The molecule has 0 spiro atoms. The molecule has 1 aliphatic heterocycles. The fourth-order valence-electron chi connectivity index (χ4n) is 4.11. The van der Waals surface area contributed by atoms with Crippen LogP contribution in [0.1, 0.15) is 44.5 Å². The standard InChI is InChI=1S/C25H33N5O8/c1-6-37-21(31)15-29-23(36-5)18-14-28(12-11-19(18)27-29)22(32)20(26-24(33)38-25(2,3)4)13-16-7-9-17(10-8-16)30(34)35/h7-10,20H,6,11-15H2,1-5H3,(H,26,33)/t20-/m0/s1. The normalized spacial score (nSPS) is 13.8. The highest BCUT2D eigenvalue weighted by molar-refractivity contribution is 5.86. The topological polar surface area (TPSA) is 155 Å². The van der Waals surface area contributed by atoms with Gasteiger partial charge in [-0.3, -0.25) is 19.7 Å². The molecule has 3 rings (SSSR count). The lowest BCUT2D eigenvalue weighted by molar-refractivity contribution is -0.384. The van der Waals surface area contributed by atoms with Crippen molar-refractivity contribution in [2.75, 3.05) is 20.3 Å². The summed E-state index contributed by atoms with van der Waals surface area (Å²) in [5.41, 5.74) is 1.16. The molecule has 206 valence electrons. The Balaban J connectivity index is 1.83. The molecule has 0 bridgehead atoms. The Hall–Kier alpha value is -4.16. The van der Waals surface area contributed by atoms with Gasteiger partial charge in [-0.25, -0.2) is 9.48 Å². The number of carbonyl (C=O) groups is 3. The molecular weight excluding hydrogens is 498 g/mol. The number of carbonyl (C=O) groups excluding carboxylic acids is 3. The van der Waals surface area contributed by atoms with Crippen LogP contribution in [-0.4, -0.2) is 69.5 Å². The molecule has 2 heterocycles. The number of nitro benzene ring substituents is 1. The van der Waals surface area contributed by atoms with Gasteiger partial charge in [0.05, 0.1) is 36.4 Å². The van der Waals surface area contributed by atoms with Gasteiger partial charge >= 0.3 is 12.1 Å². The number of hydrogen-bond donors (Lipinski definition) is 1. The summed E-state index contributed by atoms with van der Waals surface area (Å²) in [6, 6.07) is 4.80. The van der Waals surface area contributed by atoms with Crippen molar-refractivity contribution in [1.82, 2.24) is 20.0 Å². The van der Waals surface area contributed by atoms with Crippen molar-refractivity contribution in [3.8, 4) is 5.88 Å². The fourth-order valence-corrected chi connectivity index (χ4v) is 4.11. The van der Waals surface area contributed by atoms with E-state index in [4.69, 9.17) is 14.2 Å². The van der Waals surface area contributed by atoms with Gasteiger partial charge in [0, 0.05) is 31.5 Å². The first-order chi connectivity index (χ1) is 17.9. The summed E-state index contributed by atoms with van der Waals surface area (Å²) in [5.74, 6) is -0.457. The molecule has 0 saturated carbocycles. The average Bonchev–Trinajstić information content (AvgIpc) is 3.18. The van der Waals surface area contributed by atoms with E-state index in [-0.39, 0.29) is 37.7 Å². The van der Waals surface area contributed by atoms with Crippen LogP contribution in [0, 0.1) is 10.1 Å².